The van der Waals surface area contributed by atoms with E-state index < -0.39 is 28.1 Å². The van der Waals surface area contributed by atoms with Gasteiger partial charge in [-0.3, -0.25) is 15.0 Å². The Kier molecular flexibility index (Phi) is 6.84. The van der Waals surface area contributed by atoms with Gasteiger partial charge in [0.1, 0.15) is 0 Å². The zero-order valence-corrected chi connectivity index (χ0v) is 18.1. The fourth-order valence-electron chi connectivity index (χ4n) is 3.45. The van der Waals surface area contributed by atoms with Crippen molar-refractivity contribution in [2.24, 2.45) is 0 Å². The topological polar surface area (TPSA) is 96.0 Å². The van der Waals surface area contributed by atoms with E-state index in [2.05, 4.69) is 10.1 Å². The molecular formula is C19H29N3O5S. The van der Waals surface area contributed by atoms with E-state index in [1.807, 2.05) is 38.7 Å². The van der Waals surface area contributed by atoms with Gasteiger partial charge in [-0.15, -0.1) is 0 Å². The first-order valence-electron chi connectivity index (χ1n) is 9.21. The molecule has 1 heterocycles. The molecule has 2 rings (SSSR count). The summed E-state index contributed by atoms with van der Waals surface area (Å²) in [5, 5.41) is 2.15. The van der Waals surface area contributed by atoms with Crippen molar-refractivity contribution >= 4 is 22.0 Å². The number of carbonyl (C=O) groups excluding carboxylic acids is 2. The molecule has 1 saturated heterocycles. The highest BCUT2D eigenvalue weighted by Gasteiger charge is 2.34. The maximum atomic E-state index is 13.3. The normalized spacial score (nSPS) is 17.2. The van der Waals surface area contributed by atoms with Crippen molar-refractivity contribution in [2.45, 2.75) is 45.6 Å². The van der Waals surface area contributed by atoms with Gasteiger partial charge in [-0.1, -0.05) is 6.07 Å². The number of ether oxygens (including phenoxy) is 1. The first-order chi connectivity index (χ1) is 13.0. The Morgan fingerprint density at radius 2 is 1.54 bits per heavy atom. The van der Waals surface area contributed by atoms with Gasteiger partial charge in [0, 0.05) is 26.2 Å². The minimum absolute atomic E-state index is 0.282. The lowest BCUT2D eigenvalue weighted by molar-refractivity contribution is -0.125. The summed E-state index contributed by atoms with van der Waals surface area (Å²) in [5.41, 5.74) is 3.45. The van der Waals surface area contributed by atoms with Crippen LogP contribution in [-0.4, -0.2) is 69.0 Å². The zero-order valence-electron chi connectivity index (χ0n) is 17.3. The molecule has 8 nitrogen and oxygen atoms in total. The van der Waals surface area contributed by atoms with Gasteiger partial charge in [0.2, 0.25) is 15.9 Å². The number of nitrogens with zero attached hydrogens (tertiary/aromatic N) is 2. The van der Waals surface area contributed by atoms with E-state index in [4.69, 9.17) is 0 Å². The molecule has 0 aromatic heterocycles. The van der Waals surface area contributed by atoms with Crippen LogP contribution in [0.3, 0.4) is 0 Å². The highest BCUT2D eigenvalue weighted by Crippen LogP contribution is 2.29. The van der Waals surface area contributed by atoms with Crippen LogP contribution in [0, 0.1) is 27.7 Å². The first-order valence-corrected chi connectivity index (χ1v) is 10.6. The summed E-state index contributed by atoms with van der Waals surface area (Å²) in [7, 11) is -2.44. The van der Waals surface area contributed by atoms with Crippen molar-refractivity contribution < 1.29 is 22.7 Å². The summed E-state index contributed by atoms with van der Waals surface area (Å²) in [6.45, 7) is 10.6. The lowest BCUT2D eigenvalue weighted by atomic mass is 10.0. The number of hydrogen-bond donors (Lipinski definition) is 1. The number of hydrogen-bond acceptors (Lipinski definition) is 6. The van der Waals surface area contributed by atoms with Gasteiger partial charge in [0.15, 0.2) is 0 Å². The lowest BCUT2D eigenvalue weighted by Crippen LogP contribution is -2.55. The van der Waals surface area contributed by atoms with Crippen molar-refractivity contribution in [2.75, 3.05) is 33.3 Å². The average molecular weight is 412 g/mol. The molecule has 1 aliphatic heterocycles. The fourth-order valence-corrected chi connectivity index (χ4v) is 5.45. The molecule has 156 valence electrons. The number of alkyl carbamates (subject to hydrolysis) is 1. The third-order valence-corrected chi connectivity index (χ3v) is 7.68. The quantitative estimate of drug-likeness (QED) is 0.807. The molecule has 0 unspecified atom stereocenters. The van der Waals surface area contributed by atoms with E-state index >= 15 is 0 Å². The van der Waals surface area contributed by atoms with E-state index in [9.17, 15) is 18.0 Å². The Balaban J connectivity index is 2.15. The Morgan fingerprint density at radius 3 is 2.00 bits per heavy atom. The second-order valence-electron chi connectivity index (χ2n) is 7.19. The summed E-state index contributed by atoms with van der Waals surface area (Å²) >= 11 is 0. The van der Waals surface area contributed by atoms with Crippen molar-refractivity contribution in [1.82, 2.24) is 14.5 Å². The predicted octanol–water partition coefficient (Wildman–Crippen LogP) is 1.50. The molecule has 0 aliphatic carbocycles. The third-order valence-electron chi connectivity index (χ3n) is 5.51. The number of aryl methyl sites for hydroxylation is 2. The Labute approximate surface area is 166 Å². The number of nitrogens with one attached hydrogen (secondary N) is 1. The molecule has 1 aromatic carbocycles. The van der Waals surface area contributed by atoms with E-state index in [1.54, 1.807) is 6.92 Å². The number of imide groups is 1. The monoisotopic (exact) mass is 411 g/mol. The number of amides is 2. The fraction of sp³-hybridized carbons (Fsp3) is 0.579. The molecule has 1 fully saturated rings. The van der Waals surface area contributed by atoms with Crippen LogP contribution in [0.15, 0.2) is 11.0 Å². The maximum absolute atomic E-state index is 13.3. The van der Waals surface area contributed by atoms with Gasteiger partial charge in [0.05, 0.1) is 18.0 Å². The molecular weight excluding hydrogens is 382 g/mol. The summed E-state index contributed by atoms with van der Waals surface area (Å²) in [6, 6.07) is 1.44. The van der Waals surface area contributed by atoms with Crippen LogP contribution in [-0.2, 0) is 19.6 Å². The molecule has 1 atom stereocenters. The van der Waals surface area contributed by atoms with Crippen molar-refractivity contribution in [1.29, 1.82) is 0 Å². The van der Waals surface area contributed by atoms with Crippen molar-refractivity contribution in [3.8, 4) is 0 Å². The smallest absolute Gasteiger partial charge is 0.413 e. The van der Waals surface area contributed by atoms with E-state index in [0.29, 0.717) is 18.0 Å². The molecule has 0 saturated carbocycles. The van der Waals surface area contributed by atoms with Gasteiger partial charge in [-0.05, 0) is 56.9 Å². The number of benzene rings is 1. The van der Waals surface area contributed by atoms with Gasteiger partial charge in [-0.25, -0.2) is 13.2 Å². The summed E-state index contributed by atoms with van der Waals surface area (Å²) in [5.74, 6) is -0.468. The van der Waals surface area contributed by atoms with Gasteiger partial charge >= 0.3 is 6.09 Å². The highest BCUT2D eigenvalue weighted by atomic mass is 32.2. The average Bonchev–Trinajstić information content (AvgIpc) is 2.65. The van der Waals surface area contributed by atoms with Gasteiger partial charge in [0.25, 0.3) is 0 Å². The van der Waals surface area contributed by atoms with Crippen molar-refractivity contribution in [3.63, 3.8) is 0 Å². The molecule has 1 N–H and O–H groups in total. The molecule has 0 bridgehead atoms. The Morgan fingerprint density at radius 1 is 1.04 bits per heavy atom. The largest absolute Gasteiger partial charge is 0.453 e. The predicted molar refractivity (Wildman–Crippen MR) is 106 cm³/mol. The number of rotatable bonds is 4. The van der Waals surface area contributed by atoms with Crippen LogP contribution in [0.5, 0.6) is 0 Å². The number of sulfonamides is 1. The van der Waals surface area contributed by atoms with Crippen molar-refractivity contribution in [3.05, 3.63) is 28.3 Å². The third kappa shape index (κ3) is 4.37. The van der Waals surface area contributed by atoms with Gasteiger partial charge in [-0.2, -0.15) is 4.31 Å². The summed E-state index contributed by atoms with van der Waals surface area (Å²) in [6.07, 6.45) is -0.807. The molecule has 1 aromatic rings. The molecule has 9 heteroatoms. The second-order valence-corrected chi connectivity index (χ2v) is 9.06. The Bertz CT molecular complexity index is 848. The highest BCUT2D eigenvalue weighted by molar-refractivity contribution is 7.89. The van der Waals surface area contributed by atoms with E-state index in [-0.39, 0.29) is 13.1 Å². The Hall–Kier alpha value is -1.97. The maximum Gasteiger partial charge on any atom is 0.413 e. The van der Waals surface area contributed by atoms with Gasteiger partial charge < -0.3 is 4.74 Å². The van der Waals surface area contributed by atoms with Crippen LogP contribution >= 0.6 is 0 Å². The molecule has 0 radical (unpaired) electrons. The summed E-state index contributed by atoms with van der Waals surface area (Å²) in [4.78, 5) is 25.5. The number of piperazine rings is 1. The standard InChI is InChI=1S/C19H29N3O5S/c1-12-11-13(2)15(4)17(14(12)3)28(25,26)22-9-7-21(8-10-22)16(5)18(23)20-19(24)27-6/h11,16H,7-10H2,1-6H3,(H,20,23,24)/t16-/m0/s1. The van der Waals surface area contributed by atoms with Crippen LogP contribution in [0.4, 0.5) is 4.79 Å². The number of carbonyl (C=O) groups is 2. The van der Waals surface area contributed by atoms with Crippen LogP contribution in [0.25, 0.3) is 0 Å². The molecule has 2 amide bonds. The number of methoxy groups -OCH3 is 1. The summed E-state index contributed by atoms with van der Waals surface area (Å²) < 4.78 is 32.5. The molecule has 1 aliphatic rings. The van der Waals surface area contributed by atoms with Crippen LogP contribution < -0.4 is 5.32 Å². The van der Waals surface area contributed by atoms with E-state index in [1.165, 1.54) is 11.4 Å². The van der Waals surface area contributed by atoms with Crippen LogP contribution in [0.2, 0.25) is 0 Å². The zero-order chi connectivity index (χ0) is 21.2. The minimum Gasteiger partial charge on any atom is -0.453 e. The van der Waals surface area contributed by atoms with E-state index in [0.717, 1.165) is 22.3 Å². The minimum atomic E-state index is -3.63. The molecule has 28 heavy (non-hydrogen) atoms. The molecule has 0 spiro atoms. The SMILES string of the molecule is COC(=O)NC(=O)[C@H](C)N1CCN(S(=O)(=O)c2c(C)c(C)cc(C)c2C)CC1. The van der Waals surface area contributed by atoms with Crippen LogP contribution in [0.1, 0.15) is 29.2 Å². The lowest BCUT2D eigenvalue weighted by Gasteiger charge is -2.37. The second kappa shape index (κ2) is 8.59. The first kappa shape index (κ1) is 22.3.